The number of ether oxygens (including phenoxy) is 1. The molecule has 3 fully saturated rings. The Kier molecular flexibility index (Phi) is 7.59. The van der Waals surface area contributed by atoms with E-state index in [9.17, 15) is 4.79 Å². The van der Waals surface area contributed by atoms with Gasteiger partial charge >= 0.3 is 5.97 Å². The van der Waals surface area contributed by atoms with Crippen molar-refractivity contribution in [1.82, 2.24) is 0 Å². The van der Waals surface area contributed by atoms with E-state index in [-0.39, 0.29) is 5.97 Å². The van der Waals surface area contributed by atoms with Gasteiger partial charge in [0.25, 0.3) is 0 Å². The number of hydrogen-bond acceptors (Lipinski definition) is 4. The molecule has 0 amide bonds. The van der Waals surface area contributed by atoms with E-state index in [2.05, 4.69) is 0 Å². The maximum absolute atomic E-state index is 11.2. The van der Waals surface area contributed by atoms with Gasteiger partial charge in [0.05, 0.1) is 32.8 Å². The van der Waals surface area contributed by atoms with Crippen LogP contribution < -0.4 is 5.11 Å². The van der Waals surface area contributed by atoms with Crippen molar-refractivity contribution in [3.8, 4) is 0 Å². The van der Waals surface area contributed by atoms with Gasteiger partial charge in [0.1, 0.15) is 0 Å². The average Bonchev–Trinajstić information content (AvgIpc) is 2.47. The Bertz CT molecular complexity index is 284. The molecule has 20 heavy (non-hydrogen) atoms. The fraction of sp³-hybridized carbons (Fsp3) is 0.867. The number of carbonyl (C=O) groups excluding carboxylic acids is 2. The van der Waals surface area contributed by atoms with Crippen LogP contribution in [0.2, 0.25) is 0 Å². The average molecular weight is 285 g/mol. The van der Waals surface area contributed by atoms with Gasteiger partial charge in [-0.3, -0.25) is 4.79 Å². The molecule has 0 atom stereocenters. The van der Waals surface area contributed by atoms with Crippen molar-refractivity contribution in [3.05, 3.63) is 0 Å². The van der Waals surface area contributed by atoms with Gasteiger partial charge in [-0.1, -0.05) is 0 Å². The van der Waals surface area contributed by atoms with E-state index in [4.69, 9.17) is 14.6 Å². The standard InChI is InChI=1S/C14H26NO2.CH2O2/c1-2-17-14(16)5-3-4-9-15-10-6-13(7-11-15)8-12-15;2-1-3/h13H,2-12H2,1H3;1H,(H,2,3)/q+1;/p-1. The van der Waals surface area contributed by atoms with Crippen LogP contribution in [0.15, 0.2) is 0 Å². The van der Waals surface area contributed by atoms with Crippen molar-refractivity contribution in [1.29, 1.82) is 0 Å². The molecule has 3 heterocycles. The molecule has 5 heteroatoms. The molecule has 0 aromatic carbocycles. The first-order valence-electron chi connectivity index (χ1n) is 7.72. The molecule has 0 aromatic heterocycles. The molecular weight excluding hydrogens is 258 g/mol. The SMILES string of the molecule is CCOC(=O)CCCC[N+]12CCC(CC1)CC2.O=C[O-]. The largest absolute Gasteiger partial charge is 0.554 e. The molecule has 3 aliphatic heterocycles. The highest BCUT2D eigenvalue weighted by Crippen LogP contribution is 2.33. The van der Waals surface area contributed by atoms with Crippen LogP contribution in [0.5, 0.6) is 0 Å². The lowest BCUT2D eigenvalue weighted by molar-refractivity contribution is -0.942. The highest BCUT2D eigenvalue weighted by Gasteiger charge is 2.38. The number of rotatable bonds is 6. The summed E-state index contributed by atoms with van der Waals surface area (Å²) in [6, 6.07) is 0. The van der Waals surface area contributed by atoms with Crippen molar-refractivity contribution < 1.29 is 23.9 Å². The van der Waals surface area contributed by atoms with Crippen LogP contribution in [0.25, 0.3) is 0 Å². The lowest BCUT2D eigenvalue weighted by Gasteiger charge is -2.49. The third kappa shape index (κ3) is 5.49. The molecule has 0 aliphatic carbocycles. The van der Waals surface area contributed by atoms with Gasteiger partial charge in [0, 0.05) is 12.9 Å². The van der Waals surface area contributed by atoms with Gasteiger partial charge in [-0.25, -0.2) is 0 Å². The molecule has 0 saturated carbocycles. The van der Waals surface area contributed by atoms with E-state index in [0.29, 0.717) is 13.0 Å². The van der Waals surface area contributed by atoms with E-state index < -0.39 is 6.47 Å². The van der Waals surface area contributed by atoms with Gasteiger partial charge in [0.15, 0.2) is 0 Å². The molecule has 2 bridgehead atoms. The Hall–Kier alpha value is -1.10. The molecule has 116 valence electrons. The first-order chi connectivity index (χ1) is 9.65. The number of esters is 1. The van der Waals surface area contributed by atoms with Gasteiger partial charge in [-0.2, -0.15) is 0 Å². The number of nitrogens with zero attached hydrogens (tertiary/aromatic N) is 1. The zero-order valence-corrected chi connectivity index (χ0v) is 12.5. The smallest absolute Gasteiger partial charge is 0.305 e. The topological polar surface area (TPSA) is 66.4 Å². The fourth-order valence-electron chi connectivity index (χ4n) is 3.42. The predicted molar refractivity (Wildman–Crippen MR) is 73.6 cm³/mol. The minimum Gasteiger partial charge on any atom is -0.554 e. The zero-order valence-electron chi connectivity index (χ0n) is 12.5. The summed E-state index contributed by atoms with van der Waals surface area (Å²) >= 11 is 0. The van der Waals surface area contributed by atoms with Crippen LogP contribution in [0.1, 0.15) is 45.4 Å². The minimum absolute atomic E-state index is 0.0233. The van der Waals surface area contributed by atoms with Gasteiger partial charge in [-0.05, 0) is 44.9 Å². The summed E-state index contributed by atoms with van der Waals surface area (Å²) in [6.07, 6.45) is 7.12. The fourth-order valence-corrected chi connectivity index (χ4v) is 3.42. The van der Waals surface area contributed by atoms with Crippen molar-refractivity contribution >= 4 is 12.4 Å². The van der Waals surface area contributed by atoms with Crippen LogP contribution in [0.3, 0.4) is 0 Å². The molecule has 3 rings (SSSR count). The third-order valence-electron chi connectivity index (χ3n) is 4.60. The molecule has 0 unspecified atom stereocenters. The van der Waals surface area contributed by atoms with E-state index in [1.807, 2.05) is 6.92 Å². The molecule has 5 nitrogen and oxygen atoms in total. The maximum atomic E-state index is 11.2. The second-order valence-corrected chi connectivity index (χ2v) is 5.83. The lowest BCUT2D eigenvalue weighted by atomic mass is 9.85. The molecule has 0 spiro atoms. The van der Waals surface area contributed by atoms with Gasteiger partial charge in [-0.15, -0.1) is 0 Å². The van der Waals surface area contributed by atoms with Crippen LogP contribution in [0.4, 0.5) is 0 Å². The van der Waals surface area contributed by atoms with Crippen LogP contribution in [-0.4, -0.2) is 49.7 Å². The van der Waals surface area contributed by atoms with Crippen LogP contribution in [-0.2, 0) is 14.3 Å². The first kappa shape index (κ1) is 17.0. The molecule has 0 N–H and O–H groups in total. The zero-order chi connectivity index (χ0) is 14.8. The van der Waals surface area contributed by atoms with Crippen molar-refractivity contribution in [2.45, 2.75) is 45.4 Å². The van der Waals surface area contributed by atoms with E-state index in [0.717, 1.165) is 12.3 Å². The Balaban J connectivity index is 0.000000612. The normalized spacial score (nSPS) is 27.4. The number of hydrogen-bond donors (Lipinski definition) is 0. The summed E-state index contributed by atoms with van der Waals surface area (Å²) in [6.45, 7) is 7.35. The Labute approximate surface area is 121 Å². The molecule has 3 aliphatic rings. The van der Waals surface area contributed by atoms with Crippen LogP contribution in [0, 0.1) is 5.92 Å². The Morgan fingerprint density at radius 3 is 2.30 bits per heavy atom. The predicted octanol–water partition coefficient (Wildman–Crippen LogP) is 0.716. The van der Waals surface area contributed by atoms with Gasteiger partial charge < -0.3 is 19.1 Å². The van der Waals surface area contributed by atoms with Crippen molar-refractivity contribution in [2.75, 3.05) is 32.8 Å². The maximum Gasteiger partial charge on any atom is 0.305 e. The lowest BCUT2D eigenvalue weighted by Crippen LogP contribution is -2.58. The van der Waals surface area contributed by atoms with E-state index in [1.165, 1.54) is 56.3 Å². The summed E-state index contributed by atoms with van der Waals surface area (Å²) < 4.78 is 6.30. The summed E-state index contributed by atoms with van der Waals surface area (Å²) in [5, 5.41) is 8.25. The van der Waals surface area contributed by atoms with Gasteiger partial charge in [0.2, 0.25) is 0 Å². The number of quaternary nitrogens is 1. The molecule has 3 saturated heterocycles. The Morgan fingerprint density at radius 1 is 1.25 bits per heavy atom. The number of unbranched alkanes of at least 4 members (excludes halogenated alkanes) is 1. The van der Waals surface area contributed by atoms with Crippen molar-refractivity contribution in [2.24, 2.45) is 5.92 Å². The summed E-state index contributed by atoms with van der Waals surface area (Å²) in [7, 11) is 0. The number of carbonyl (C=O) groups is 2. The second-order valence-electron chi connectivity index (χ2n) is 5.83. The number of carboxylic acid groups (broad SMARTS) is 1. The van der Waals surface area contributed by atoms with E-state index in [1.54, 1.807) is 0 Å². The monoisotopic (exact) mass is 285 g/mol. The summed E-state index contributed by atoms with van der Waals surface area (Å²) in [5.41, 5.74) is 0. The molecule has 0 aromatic rings. The van der Waals surface area contributed by atoms with E-state index >= 15 is 0 Å². The summed E-state index contributed by atoms with van der Waals surface area (Å²) in [5.74, 6) is 1.01. The minimum atomic E-state index is -0.500. The molecular formula is C15H27NO4. The number of fused-ring (bicyclic) bond motifs is 3. The third-order valence-corrected chi connectivity index (χ3v) is 4.60. The number of piperidine rings is 3. The second kappa shape index (κ2) is 8.95. The van der Waals surface area contributed by atoms with Crippen molar-refractivity contribution in [3.63, 3.8) is 0 Å². The summed E-state index contributed by atoms with van der Waals surface area (Å²) in [4.78, 5) is 19.5. The quantitative estimate of drug-likeness (QED) is 0.312. The first-order valence-corrected chi connectivity index (χ1v) is 7.72. The van der Waals surface area contributed by atoms with Crippen LogP contribution >= 0.6 is 0 Å². The molecule has 0 radical (unpaired) electrons. The highest BCUT2D eigenvalue weighted by atomic mass is 16.5. The Morgan fingerprint density at radius 2 is 1.80 bits per heavy atom. The highest BCUT2D eigenvalue weighted by molar-refractivity contribution is 5.69.